The van der Waals surface area contributed by atoms with E-state index in [2.05, 4.69) is 17.5 Å². The van der Waals surface area contributed by atoms with Crippen LogP contribution in [0.5, 0.6) is 5.75 Å². The first-order chi connectivity index (χ1) is 18.0. The Morgan fingerprint density at radius 2 is 1.97 bits per heavy atom. The highest BCUT2D eigenvalue weighted by molar-refractivity contribution is 5.98. The average Bonchev–Trinajstić information content (AvgIpc) is 2.91. The van der Waals surface area contributed by atoms with Gasteiger partial charge in [-0.3, -0.25) is 4.79 Å². The van der Waals surface area contributed by atoms with Crippen LogP contribution in [-0.4, -0.2) is 39.0 Å². The molecule has 0 saturated carbocycles. The van der Waals surface area contributed by atoms with Gasteiger partial charge in [-0.05, 0) is 44.2 Å². The Bertz CT molecular complexity index is 1350. The summed E-state index contributed by atoms with van der Waals surface area (Å²) >= 11 is 0. The van der Waals surface area contributed by atoms with Gasteiger partial charge in [0.05, 0.1) is 40.6 Å². The fourth-order valence-corrected chi connectivity index (χ4v) is 4.91. The summed E-state index contributed by atoms with van der Waals surface area (Å²) in [6.45, 7) is 0.470. The van der Waals surface area contributed by atoms with Crippen LogP contribution in [0.1, 0.15) is 71.4 Å². The lowest BCUT2D eigenvalue weighted by Gasteiger charge is -2.26. The number of halogens is 1. The summed E-state index contributed by atoms with van der Waals surface area (Å²) in [5, 5.41) is 21.3. The van der Waals surface area contributed by atoms with E-state index in [1.807, 2.05) is 36.4 Å². The summed E-state index contributed by atoms with van der Waals surface area (Å²) < 4.78 is 20.9. The topological polar surface area (TPSA) is 105 Å². The Kier molecular flexibility index (Phi) is 7.58. The first-order valence-electron chi connectivity index (χ1n) is 12.7. The number of rotatable bonds is 8. The summed E-state index contributed by atoms with van der Waals surface area (Å²) in [5.74, 6) is -0.401. The zero-order chi connectivity index (χ0) is 25.8. The third-order valence-electron chi connectivity index (χ3n) is 6.82. The van der Waals surface area contributed by atoms with Crippen molar-refractivity contribution in [2.75, 3.05) is 6.61 Å². The van der Waals surface area contributed by atoms with Crippen molar-refractivity contribution in [3.05, 3.63) is 89.0 Å². The molecule has 3 aromatic rings. The Morgan fingerprint density at radius 1 is 1.14 bits per heavy atom. The van der Waals surface area contributed by atoms with Crippen LogP contribution >= 0.6 is 0 Å². The lowest BCUT2D eigenvalue weighted by molar-refractivity contribution is -0.0465. The smallest absolute Gasteiger partial charge is 0.254 e. The third kappa shape index (κ3) is 5.70. The molecule has 2 unspecified atom stereocenters. The fraction of sp³-hybridized carbons (Fsp3) is 0.345. The number of hydrogen-bond acceptors (Lipinski definition) is 6. The van der Waals surface area contributed by atoms with Crippen LogP contribution in [-0.2, 0) is 6.42 Å². The van der Waals surface area contributed by atoms with Crippen molar-refractivity contribution in [3.63, 3.8) is 0 Å². The lowest BCUT2D eigenvalue weighted by atomic mass is 9.93. The zero-order valence-corrected chi connectivity index (χ0v) is 20.4. The number of hydrogen-bond donors (Lipinski definition) is 3. The van der Waals surface area contributed by atoms with Gasteiger partial charge < -0.3 is 20.3 Å². The quantitative estimate of drug-likeness (QED) is 0.305. The number of benzene rings is 2. The second-order valence-corrected chi connectivity index (χ2v) is 9.46. The van der Waals surface area contributed by atoms with Crippen molar-refractivity contribution in [1.82, 2.24) is 15.3 Å². The van der Waals surface area contributed by atoms with E-state index in [1.165, 1.54) is 12.1 Å². The molecule has 192 valence electrons. The van der Waals surface area contributed by atoms with Gasteiger partial charge in [0.2, 0.25) is 0 Å². The molecule has 0 saturated heterocycles. The Morgan fingerprint density at radius 3 is 2.78 bits per heavy atom. The predicted molar refractivity (Wildman–Crippen MR) is 138 cm³/mol. The molecule has 7 nitrogen and oxygen atoms in total. The van der Waals surface area contributed by atoms with Crippen LogP contribution in [0, 0.1) is 5.82 Å². The second kappa shape index (κ2) is 11.2. The normalized spacial score (nSPS) is 18.6. The number of unbranched alkanes of at least 4 members (excludes halogenated alkanes) is 1. The van der Waals surface area contributed by atoms with Crippen molar-refractivity contribution < 1.29 is 24.1 Å². The number of ether oxygens (including phenoxy) is 1. The number of amides is 1. The zero-order valence-electron chi connectivity index (χ0n) is 20.4. The number of aliphatic hydroxyl groups is 2. The van der Waals surface area contributed by atoms with Gasteiger partial charge in [-0.2, -0.15) is 0 Å². The number of aromatic nitrogens is 2. The van der Waals surface area contributed by atoms with Crippen LogP contribution in [0.3, 0.4) is 0 Å². The third-order valence-corrected chi connectivity index (χ3v) is 6.82. The van der Waals surface area contributed by atoms with Crippen molar-refractivity contribution >= 4 is 16.9 Å². The molecule has 2 aliphatic rings. The summed E-state index contributed by atoms with van der Waals surface area (Å²) in [7, 11) is 0. The Balaban J connectivity index is 1.44. The number of carbonyl (C=O) groups is 1. The number of nitrogens with zero attached hydrogens (tertiary/aromatic N) is 2. The molecule has 0 fully saturated rings. The standard InChI is InChI=1S/C29H30FN3O4/c30-21-17-25-24(16-20(21)29(36)33-22-14-15-37-26-12-6-4-10-19(22)26)31-23(11-5-7-13-27(34)35)28(32-25)18-8-2-1-3-9-18/h1-4,6,8,10,12,16-18,22,27,34-35H,5,7,9,11,13-15H2,(H,33,36). The molecule has 0 spiro atoms. The maximum Gasteiger partial charge on any atom is 0.254 e. The molecular formula is C29H30FN3O4. The lowest BCUT2D eigenvalue weighted by Crippen LogP contribution is -2.32. The van der Waals surface area contributed by atoms with Gasteiger partial charge in [0, 0.05) is 24.0 Å². The van der Waals surface area contributed by atoms with Crippen LogP contribution in [0.4, 0.5) is 4.39 Å². The maximum atomic E-state index is 15.2. The summed E-state index contributed by atoms with van der Waals surface area (Å²) in [4.78, 5) is 22.8. The van der Waals surface area contributed by atoms with Gasteiger partial charge in [0.25, 0.3) is 5.91 Å². The van der Waals surface area contributed by atoms with Crippen LogP contribution in [0.15, 0.2) is 60.7 Å². The maximum absolute atomic E-state index is 15.2. The number of allylic oxidation sites excluding steroid dienone is 4. The van der Waals surface area contributed by atoms with Gasteiger partial charge in [-0.15, -0.1) is 0 Å². The SMILES string of the molecule is O=C(NC1CCOc2ccccc21)c1cc2nc(CCCCC(O)O)c(C3C=CC=CC3)nc2cc1F. The highest BCUT2D eigenvalue weighted by Gasteiger charge is 2.25. The number of carbonyl (C=O) groups excluding carboxylic acids is 1. The molecule has 3 N–H and O–H groups in total. The first-order valence-corrected chi connectivity index (χ1v) is 12.7. The van der Waals surface area contributed by atoms with Crippen molar-refractivity contribution in [3.8, 4) is 5.75 Å². The molecule has 0 radical (unpaired) electrons. The number of nitrogens with one attached hydrogen (secondary N) is 1. The minimum absolute atomic E-state index is 0.0277. The van der Waals surface area contributed by atoms with E-state index >= 15 is 4.39 Å². The van der Waals surface area contributed by atoms with Gasteiger partial charge in [0.1, 0.15) is 11.6 Å². The monoisotopic (exact) mass is 503 g/mol. The summed E-state index contributed by atoms with van der Waals surface area (Å²) in [5.41, 5.74) is 3.22. The van der Waals surface area contributed by atoms with Crippen LogP contribution in [0.2, 0.25) is 0 Å². The Labute approximate surface area is 214 Å². The number of aliphatic hydroxyl groups excluding tert-OH is 1. The van der Waals surface area contributed by atoms with Gasteiger partial charge in [-0.1, -0.05) is 42.5 Å². The fourth-order valence-electron chi connectivity index (χ4n) is 4.91. The molecule has 2 atom stereocenters. The molecule has 1 aliphatic heterocycles. The van der Waals surface area contributed by atoms with E-state index in [9.17, 15) is 4.79 Å². The second-order valence-electron chi connectivity index (χ2n) is 9.46. The Hall–Kier alpha value is -3.62. The molecule has 2 heterocycles. The molecule has 0 bridgehead atoms. The molecular weight excluding hydrogens is 473 g/mol. The van der Waals surface area contributed by atoms with Crippen molar-refractivity contribution in [2.45, 2.75) is 56.8 Å². The summed E-state index contributed by atoms with van der Waals surface area (Å²) in [6, 6.07) is 10.0. The molecule has 5 rings (SSSR count). The minimum Gasteiger partial charge on any atom is -0.493 e. The van der Waals surface area contributed by atoms with E-state index in [4.69, 9.17) is 24.9 Å². The van der Waals surface area contributed by atoms with E-state index in [0.29, 0.717) is 43.3 Å². The van der Waals surface area contributed by atoms with E-state index in [-0.39, 0.29) is 23.9 Å². The highest BCUT2D eigenvalue weighted by atomic mass is 19.1. The largest absolute Gasteiger partial charge is 0.493 e. The average molecular weight is 504 g/mol. The van der Waals surface area contributed by atoms with E-state index in [1.54, 1.807) is 0 Å². The predicted octanol–water partition coefficient (Wildman–Crippen LogP) is 4.65. The van der Waals surface area contributed by atoms with Gasteiger partial charge >= 0.3 is 0 Å². The minimum atomic E-state index is -1.33. The molecule has 1 aromatic heterocycles. The molecule has 1 aliphatic carbocycles. The number of fused-ring (bicyclic) bond motifs is 2. The number of aryl methyl sites for hydroxylation is 1. The van der Waals surface area contributed by atoms with Gasteiger partial charge in [0.15, 0.2) is 6.29 Å². The molecule has 37 heavy (non-hydrogen) atoms. The molecule has 1 amide bonds. The first kappa shape index (κ1) is 25.0. The van der Waals surface area contributed by atoms with E-state index < -0.39 is 18.0 Å². The molecule has 8 heteroatoms. The summed E-state index contributed by atoms with van der Waals surface area (Å²) in [6.07, 6.45) is 10.3. The highest BCUT2D eigenvalue weighted by Crippen LogP contribution is 2.32. The van der Waals surface area contributed by atoms with Crippen LogP contribution < -0.4 is 10.1 Å². The van der Waals surface area contributed by atoms with Crippen LogP contribution in [0.25, 0.3) is 11.0 Å². The van der Waals surface area contributed by atoms with Crippen molar-refractivity contribution in [1.29, 1.82) is 0 Å². The van der Waals surface area contributed by atoms with Crippen molar-refractivity contribution in [2.24, 2.45) is 0 Å². The molecule has 2 aromatic carbocycles. The van der Waals surface area contributed by atoms with Gasteiger partial charge in [-0.25, -0.2) is 14.4 Å². The number of para-hydroxylation sites is 1. The van der Waals surface area contributed by atoms with E-state index in [0.717, 1.165) is 29.1 Å².